The second-order valence-electron chi connectivity index (χ2n) is 3.46. The lowest BCUT2D eigenvalue weighted by atomic mass is 9.90. The van der Waals surface area contributed by atoms with Crippen molar-refractivity contribution in [2.24, 2.45) is 5.92 Å². The third kappa shape index (κ3) is 2.56. The summed E-state index contributed by atoms with van der Waals surface area (Å²) < 4.78 is 0. The summed E-state index contributed by atoms with van der Waals surface area (Å²) in [6.07, 6.45) is 0.982. The highest BCUT2D eigenvalue weighted by molar-refractivity contribution is 6.30. The summed E-state index contributed by atoms with van der Waals surface area (Å²) in [5, 5.41) is 0.685. The summed E-state index contributed by atoms with van der Waals surface area (Å²) in [6.45, 7) is 4.06. The van der Waals surface area contributed by atoms with Gasteiger partial charge in [-0.3, -0.25) is 0 Å². The van der Waals surface area contributed by atoms with Crippen molar-refractivity contribution < 1.29 is 4.79 Å². The number of carbonyl (C=O) groups excluding carboxylic acids is 1. The van der Waals surface area contributed by atoms with Crippen molar-refractivity contribution in [3.63, 3.8) is 0 Å². The lowest BCUT2D eigenvalue weighted by Gasteiger charge is -2.14. The standard InChI is InChI=1S/C11H13ClO/c1-8(2)11(7-13)9-4-3-5-10(12)6-9/h3-8,11H,1-2H3. The third-order valence-corrected chi connectivity index (χ3v) is 2.33. The van der Waals surface area contributed by atoms with E-state index < -0.39 is 0 Å². The van der Waals surface area contributed by atoms with Gasteiger partial charge in [0.25, 0.3) is 0 Å². The number of benzene rings is 1. The van der Waals surface area contributed by atoms with E-state index >= 15 is 0 Å². The second-order valence-corrected chi connectivity index (χ2v) is 3.90. The van der Waals surface area contributed by atoms with Gasteiger partial charge in [0.15, 0.2) is 0 Å². The van der Waals surface area contributed by atoms with E-state index in [1.807, 2.05) is 38.1 Å². The molecule has 1 unspecified atom stereocenters. The van der Waals surface area contributed by atoms with Crippen molar-refractivity contribution >= 4 is 17.9 Å². The van der Waals surface area contributed by atoms with Crippen molar-refractivity contribution in [3.8, 4) is 0 Å². The van der Waals surface area contributed by atoms with Gasteiger partial charge in [0, 0.05) is 10.9 Å². The van der Waals surface area contributed by atoms with Crippen LogP contribution in [-0.2, 0) is 4.79 Å². The molecule has 0 saturated heterocycles. The summed E-state index contributed by atoms with van der Waals surface area (Å²) in [6, 6.07) is 7.47. The minimum atomic E-state index is -0.0429. The van der Waals surface area contributed by atoms with Crippen LogP contribution in [0.15, 0.2) is 24.3 Å². The Morgan fingerprint density at radius 1 is 1.38 bits per heavy atom. The van der Waals surface area contributed by atoms with Gasteiger partial charge in [-0.15, -0.1) is 0 Å². The van der Waals surface area contributed by atoms with Gasteiger partial charge in [0.05, 0.1) is 0 Å². The summed E-state index contributed by atoms with van der Waals surface area (Å²) in [7, 11) is 0. The molecule has 0 radical (unpaired) electrons. The Morgan fingerprint density at radius 3 is 2.54 bits per heavy atom. The van der Waals surface area contributed by atoms with Crippen LogP contribution in [0.5, 0.6) is 0 Å². The second kappa shape index (κ2) is 4.43. The number of aldehydes is 1. The quantitative estimate of drug-likeness (QED) is 0.679. The van der Waals surface area contributed by atoms with Crippen LogP contribution >= 0.6 is 11.6 Å². The van der Waals surface area contributed by atoms with Crippen molar-refractivity contribution in [2.45, 2.75) is 19.8 Å². The van der Waals surface area contributed by atoms with Crippen LogP contribution in [0.3, 0.4) is 0 Å². The molecule has 1 rings (SSSR count). The number of hydrogen-bond donors (Lipinski definition) is 0. The van der Waals surface area contributed by atoms with E-state index in [1.165, 1.54) is 0 Å². The van der Waals surface area contributed by atoms with Crippen molar-refractivity contribution in [1.29, 1.82) is 0 Å². The molecule has 0 saturated carbocycles. The highest BCUT2D eigenvalue weighted by Gasteiger charge is 2.14. The molecule has 0 aliphatic carbocycles. The highest BCUT2D eigenvalue weighted by atomic mass is 35.5. The predicted molar refractivity (Wildman–Crippen MR) is 55.1 cm³/mol. The van der Waals surface area contributed by atoms with Crippen LogP contribution in [0.1, 0.15) is 25.3 Å². The third-order valence-electron chi connectivity index (χ3n) is 2.10. The zero-order valence-electron chi connectivity index (χ0n) is 7.83. The Labute approximate surface area is 83.7 Å². The number of rotatable bonds is 3. The van der Waals surface area contributed by atoms with Gasteiger partial charge in [-0.1, -0.05) is 37.6 Å². The maximum absolute atomic E-state index is 10.8. The molecular weight excluding hydrogens is 184 g/mol. The first kappa shape index (κ1) is 10.3. The molecular formula is C11H13ClO. The molecule has 1 aromatic rings. The average molecular weight is 197 g/mol. The SMILES string of the molecule is CC(C)C(C=O)c1cccc(Cl)c1. The van der Waals surface area contributed by atoms with Crippen LogP contribution in [0.2, 0.25) is 5.02 Å². The van der Waals surface area contributed by atoms with E-state index in [9.17, 15) is 4.79 Å². The van der Waals surface area contributed by atoms with E-state index in [-0.39, 0.29) is 5.92 Å². The molecule has 0 aliphatic heterocycles. The van der Waals surface area contributed by atoms with Crippen LogP contribution in [0.25, 0.3) is 0 Å². The zero-order chi connectivity index (χ0) is 9.84. The molecule has 0 aromatic heterocycles. The zero-order valence-corrected chi connectivity index (χ0v) is 8.58. The molecule has 13 heavy (non-hydrogen) atoms. The smallest absolute Gasteiger partial charge is 0.127 e. The Kier molecular flexibility index (Phi) is 3.49. The minimum Gasteiger partial charge on any atom is -0.303 e. The molecule has 0 bridgehead atoms. The van der Waals surface area contributed by atoms with E-state index in [0.29, 0.717) is 10.9 Å². The molecule has 0 amide bonds. The fraction of sp³-hybridized carbons (Fsp3) is 0.364. The number of hydrogen-bond acceptors (Lipinski definition) is 1. The monoisotopic (exact) mass is 196 g/mol. The van der Waals surface area contributed by atoms with Gasteiger partial charge in [-0.05, 0) is 23.6 Å². The summed E-state index contributed by atoms with van der Waals surface area (Å²) in [5.41, 5.74) is 0.998. The molecule has 2 heteroatoms. The normalized spacial score (nSPS) is 12.9. The number of carbonyl (C=O) groups is 1. The number of halogens is 1. The van der Waals surface area contributed by atoms with Crippen molar-refractivity contribution in [1.82, 2.24) is 0 Å². The summed E-state index contributed by atoms with van der Waals surface area (Å²) >= 11 is 5.83. The van der Waals surface area contributed by atoms with E-state index in [1.54, 1.807) is 0 Å². The summed E-state index contributed by atoms with van der Waals surface area (Å²) in [4.78, 5) is 10.8. The van der Waals surface area contributed by atoms with Crippen molar-refractivity contribution in [2.75, 3.05) is 0 Å². The first-order valence-electron chi connectivity index (χ1n) is 4.36. The topological polar surface area (TPSA) is 17.1 Å². The maximum Gasteiger partial charge on any atom is 0.127 e. The molecule has 1 aromatic carbocycles. The molecule has 0 aliphatic rings. The van der Waals surface area contributed by atoms with Gasteiger partial charge in [-0.2, -0.15) is 0 Å². The lowest BCUT2D eigenvalue weighted by molar-refractivity contribution is -0.109. The first-order chi connectivity index (χ1) is 6.15. The molecule has 0 spiro atoms. The van der Waals surface area contributed by atoms with Gasteiger partial charge in [0.1, 0.15) is 6.29 Å². The van der Waals surface area contributed by atoms with Crippen LogP contribution in [-0.4, -0.2) is 6.29 Å². The van der Waals surface area contributed by atoms with Crippen LogP contribution in [0, 0.1) is 5.92 Å². The van der Waals surface area contributed by atoms with E-state index in [0.717, 1.165) is 11.8 Å². The van der Waals surface area contributed by atoms with E-state index in [2.05, 4.69) is 0 Å². The maximum atomic E-state index is 10.8. The molecule has 70 valence electrons. The van der Waals surface area contributed by atoms with Crippen molar-refractivity contribution in [3.05, 3.63) is 34.9 Å². The van der Waals surface area contributed by atoms with Crippen LogP contribution < -0.4 is 0 Å². The van der Waals surface area contributed by atoms with Gasteiger partial charge >= 0.3 is 0 Å². The predicted octanol–water partition coefficient (Wildman–Crippen LogP) is 3.28. The molecule has 1 nitrogen and oxygen atoms in total. The van der Waals surface area contributed by atoms with Gasteiger partial charge in [-0.25, -0.2) is 0 Å². The molecule has 0 fully saturated rings. The molecule has 0 heterocycles. The molecule has 0 N–H and O–H groups in total. The lowest BCUT2D eigenvalue weighted by Crippen LogP contribution is -2.07. The Bertz CT molecular complexity index is 294. The van der Waals surface area contributed by atoms with Gasteiger partial charge < -0.3 is 4.79 Å². The largest absolute Gasteiger partial charge is 0.303 e. The average Bonchev–Trinajstić information content (AvgIpc) is 2.04. The summed E-state index contributed by atoms with van der Waals surface area (Å²) in [5.74, 6) is 0.273. The van der Waals surface area contributed by atoms with Crippen LogP contribution in [0.4, 0.5) is 0 Å². The Hall–Kier alpha value is -0.820. The Morgan fingerprint density at radius 2 is 2.08 bits per heavy atom. The fourth-order valence-corrected chi connectivity index (χ4v) is 1.53. The highest BCUT2D eigenvalue weighted by Crippen LogP contribution is 2.24. The minimum absolute atomic E-state index is 0.0429. The van der Waals surface area contributed by atoms with Gasteiger partial charge in [0.2, 0.25) is 0 Å². The molecule has 1 atom stereocenters. The Balaban J connectivity index is 2.98. The van der Waals surface area contributed by atoms with E-state index in [4.69, 9.17) is 11.6 Å². The fourth-order valence-electron chi connectivity index (χ4n) is 1.33. The first-order valence-corrected chi connectivity index (χ1v) is 4.73.